The highest BCUT2D eigenvalue weighted by molar-refractivity contribution is 5.13. The van der Waals surface area contributed by atoms with Crippen LogP contribution in [0.2, 0.25) is 0 Å². The monoisotopic (exact) mass is 260 g/mol. The van der Waals surface area contributed by atoms with Crippen molar-refractivity contribution in [2.45, 2.75) is 45.3 Å². The van der Waals surface area contributed by atoms with Gasteiger partial charge in [0.15, 0.2) is 0 Å². The molecule has 0 amide bonds. The van der Waals surface area contributed by atoms with Gasteiger partial charge in [0, 0.05) is 18.2 Å². The van der Waals surface area contributed by atoms with E-state index in [0.717, 1.165) is 12.1 Å². The average molecular weight is 260 g/mol. The maximum Gasteiger partial charge on any atom is 0.389 e. The SMILES string of the molecule is CCCNC(CCC(F)(F)F)c1cccc(C)n1. The van der Waals surface area contributed by atoms with Gasteiger partial charge in [0.25, 0.3) is 0 Å². The summed E-state index contributed by atoms with van der Waals surface area (Å²) in [6, 6.07) is 5.11. The highest BCUT2D eigenvalue weighted by atomic mass is 19.4. The number of halogens is 3. The molecule has 102 valence electrons. The number of hydrogen-bond acceptors (Lipinski definition) is 2. The van der Waals surface area contributed by atoms with Crippen LogP contribution < -0.4 is 5.32 Å². The second-order valence-electron chi connectivity index (χ2n) is 4.36. The van der Waals surface area contributed by atoms with E-state index in [4.69, 9.17) is 0 Å². The van der Waals surface area contributed by atoms with Crippen LogP contribution in [-0.2, 0) is 0 Å². The second kappa shape index (κ2) is 6.73. The third kappa shape index (κ3) is 5.49. The fraction of sp³-hybridized carbons (Fsp3) is 0.615. The Morgan fingerprint density at radius 1 is 1.33 bits per heavy atom. The van der Waals surface area contributed by atoms with Crippen molar-refractivity contribution in [1.82, 2.24) is 10.3 Å². The molecule has 0 aliphatic heterocycles. The molecule has 0 spiro atoms. The van der Waals surface area contributed by atoms with Gasteiger partial charge >= 0.3 is 6.18 Å². The zero-order valence-corrected chi connectivity index (χ0v) is 10.7. The van der Waals surface area contributed by atoms with Gasteiger partial charge < -0.3 is 5.32 Å². The quantitative estimate of drug-likeness (QED) is 0.842. The van der Waals surface area contributed by atoms with Crippen molar-refractivity contribution < 1.29 is 13.2 Å². The largest absolute Gasteiger partial charge is 0.389 e. The lowest BCUT2D eigenvalue weighted by Crippen LogP contribution is -2.25. The van der Waals surface area contributed by atoms with Crippen LogP contribution in [0.5, 0.6) is 0 Å². The summed E-state index contributed by atoms with van der Waals surface area (Å²) in [6.45, 7) is 4.51. The first kappa shape index (κ1) is 15.0. The van der Waals surface area contributed by atoms with Gasteiger partial charge in [0.05, 0.1) is 5.69 Å². The van der Waals surface area contributed by atoms with E-state index >= 15 is 0 Å². The molecule has 0 radical (unpaired) electrons. The minimum absolute atomic E-state index is 0.0277. The summed E-state index contributed by atoms with van der Waals surface area (Å²) in [5, 5.41) is 3.12. The minimum Gasteiger partial charge on any atom is -0.309 e. The summed E-state index contributed by atoms with van der Waals surface area (Å²) in [7, 11) is 0. The van der Waals surface area contributed by atoms with Crippen molar-refractivity contribution in [1.29, 1.82) is 0 Å². The number of alkyl halides is 3. The highest BCUT2D eigenvalue weighted by Crippen LogP contribution is 2.27. The van der Waals surface area contributed by atoms with Crippen LogP contribution in [0.1, 0.15) is 43.6 Å². The van der Waals surface area contributed by atoms with Crippen LogP contribution in [0, 0.1) is 6.92 Å². The van der Waals surface area contributed by atoms with E-state index < -0.39 is 12.6 Å². The molecular formula is C13H19F3N2. The van der Waals surface area contributed by atoms with Gasteiger partial charge in [0.2, 0.25) is 0 Å². The smallest absolute Gasteiger partial charge is 0.309 e. The molecule has 0 fully saturated rings. The molecule has 1 N–H and O–H groups in total. The lowest BCUT2D eigenvalue weighted by molar-refractivity contribution is -0.136. The maximum absolute atomic E-state index is 12.3. The van der Waals surface area contributed by atoms with Crippen molar-refractivity contribution in [3.05, 3.63) is 29.6 Å². The lowest BCUT2D eigenvalue weighted by atomic mass is 10.1. The number of nitrogens with zero attached hydrogens (tertiary/aromatic N) is 1. The Balaban J connectivity index is 2.71. The van der Waals surface area contributed by atoms with Gasteiger partial charge in [-0.2, -0.15) is 13.2 Å². The molecule has 1 heterocycles. The topological polar surface area (TPSA) is 24.9 Å². The first-order valence-corrected chi connectivity index (χ1v) is 6.16. The predicted molar refractivity (Wildman–Crippen MR) is 65.3 cm³/mol. The molecule has 0 aliphatic rings. The van der Waals surface area contributed by atoms with E-state index in [9.17, 15) is 13.2 Å². The van der Waals surface area contributed by atoms with Gasteiger partial charge in [-0.05, 0) is 38.4 Å². The Labute approximate surface area is 106 Å². The zero-order chi connectivity index (χ0) is 13.6. The molecule has 0 saturated heterocycles. The number of pyridine rings is 1. The van der Waals surface area contributed by atoms with E-state index in [1.165, 1.54) is 0 Å². The average Bonchev–Trinajstić information content (AvgIpc) is 2.28. The lowest BCUT2D eigenvalue weighted by Gasteiger charge is -2.19. The molecule has 2 nitrogen and oxygen atoms in total. The molecule has 1 rings (SSSR count). The maximum atomic E-state index is 12.3. The van der Waals surface area contributed by atoms with Gasteiger partial charge in [-0.3, -0.25) is 4.98 Å². The zero-order valence-electron chi connectivity index (χ0n) is 10.7. The minimum atomic E-state index is -4.12. The van der Waals surface area contributed by atoms with E-state index in [2.05, 4.69) is 10.3 Å². The fourth-order valence-corrected chi connectivity index (χ4v) is 1.74. The van der Waals surface area contributed by atoms with Crippen LogP contribution in [0.3, 0.4) is 0 Å². The molecule has 1 unspecified atom stereocenters. The van der Waals surface area contributed by atoms with Crippen molar-refractivity contribution in [3.8, 4) is 0 Å². The second-order valence-corrected chi connectivity index (χ2v) is 4.36. The number of aryl methyl sites for hydroxylation is 1. The molecule has 1 aromatic heterocycles. The molecule has 0 aromatic carbocycles. The molecule has 0 saturated carbocycles. The number of rotatable bonds is 6. The highest BCUT2D eigenvalue weighted by Gasteiger charge is 2.28. The Kier molecular flexibility index (Phi) is 5.59. The summed E-state index contributed by atoms with van der Waals surface area (Å²) in [6.07, 6.45) is -3.99. The van der Waals surface area contributed by atoms with Gasteiger partial charge in [-0.15, -0.1) is 0 Å². The van der Waals surface area contributed by atoms with Crippen LogP contribution in [0.25, 0.3) is 0 Å². The third-order valence-electron chi connectivity index (χ3n) is 2.62. The first-order valence-electron chi connectivity index (χ1n) is 6.16. The normalized spacial score (nSPS) is 13.6. The van der Waals surface area contributed by atoms with Crippen molar-refractivity contribution >= 4 is 0 Å². The van der Waals surface area contributed by atoms with Gasteiger partial charge in [-0.1, -0.05) is 13.0 Å². The van der Waals surface area contributed by atoms with Gasteiger partial charge in [0.1, 0.15) is 0 Å². The first-order chi connectivity index (χ1) is 8.42. The van der Waals surface area contributed by atoms with Crippen molar-refractivity contribution in [2.24, 2.45) is 0 Å². The molecule has 0 aliphatic carbocycles. The Bertz CT molecular complexity index is 363. The van der Waals surface area contributed by atoms with Crippen LogP contribution in [0.4, 0.5) is 13.2 Å². The number of aromatic nitrogens is 1. The van der Waals surface area contributed by atoms with Gasteiger partial charge in [-0.25, -0.2) is 0 Å². The number of nitrogens with one attached hydrogen (secondary N) is 1. The summed E-state index contributed by atoms with van der Waals surface area (Å²) in [5.41, 5.74) is 1.51. The standard InChI is InChI=1S/C13H19F3N2/c1-3-9-17-11(7-8-13(14,15)16)12-6-4-5-10(2)18-12/h4-6,11,17H,3,7-9H2,1-2H3. The molecule has 1 atom stereocenters. The summed E-state index contributed by atoms with van der Waals surface area (Å²) >= 11 is 0. The summed E-state index contributed by atoms with van der Waals surface area (Å²) in [5.74, 6) is 0. The summed E-state index contributed by atoms with van der Waals surface area (Å²) < 4.78 is 36.9. The van der Waals surface area contributed by atoms with E-state index in [0.29, 0.717) is 12.2 Å². The van der Waals surface area contributed by atoms with Crippen LogP contribution >= 0.6 is 0 Å². The molecule has 5 heteroatoms. The van der Waals surface area contributed by atoms with E-state index in [-0.39, 0.29) is 12.5 Å². The Hall–Kier alpha value is -1.10. The van der Waals surface area contributed by atoms with Crippen molar-refractivity contribution in [3.63, 3.8) is 0 Å². The predicted octanol–water partition coefficient (Wildman–Crippen LogP) is 3.77. The molecule has 0 bridgehead atoms. The van der Waals surface area contributed by atoms with Crippen LogP contribution in [0.15, 0.2) is 18.2 Å². The summed E-state index contributed by atoms with van der Waals surface area (Å²) in [4.78, 5) is 4.30. The van der Waals surface area contributed by atoms with E-state index in [1.54, 1.807) is 6.07 Å². The Morgan fingerprint density at radius 3 is 2.61 bits per heavy atom. The molecule has 18 heavy (non-hydrogen) atoms. The fourth-order valence-electron chi connectivity index (χ4n) is 1.74. The Morgan fingerprint density at radius 2 is 2.06 bits per heavy atom. The number of hydrogen-bond donors (Lipinski definition) is 1. The van der Waals surface area contributed by atoms with Crippen molar-refractivity contribution in [2.75, 3.05) is 6.54 Å². The molecular weight excluding hydrogens is 241 g/mol. The third-order valence-corrected chi connectivity index (χ3v) is 2.62. The van der Waals surface area contributed by atoms with E-state index in [1.807, 2.05) is 26.0 Å². The van der Waals surface area contributed by atoms with Crippen LogP contribution in [-0.4, -0.2) is 17.7 Å². The molecule has 1 aromatic rings.